The maximum Gasteiger partial charge on any atom is 0.339 e. The zero-order chi connectivity index (χ0) is 53.6. The van der Waals surface area contributed by atoms with Crippen molar-refractivity contribution in [2.75, 3.05) is 58.2 Å². The van der Waals surface area contributed by atoms with Gasteiger partial charge in [-0.1, -0.05) is 98.8 Å². The van der Waals surface area contributed by atoms with Crippen molar-refractivity contribution in [1.29, 1.82) is 0 Å². The van der Waals surface area contributed by atoms with Crippen LogP contribution >= 0.6 is 0 Å². The quantitative estimate of drug-likeness (QED) is 0.0234. The standard InChI is InChI=1S/C47H46N2O12.C4H10.C3H8.C2H7N.CH4.3H2/c1-9-41(50)39-25-35(13-15-37(39)46(55)59-19-17-57-44(53)28(4)5)61-36-14-16-38(47(56)60-20-18-58-45(54)29(6)7)40(26-36)42(51)31-21-32(24-34(23-31)48-8)43(52)49-33-12-10-11-30(22-33)27(2)3;1-3-4-2;2*1-3-2;;;;/h10-16,21-26,48H,2,4,6,9,17-20H2,1,3,5,7-8H3,(H,49,52);3-4H2,1-2H3;3H2,1-2H3;3H,1-2H3;1H4;3*1H. The Kier molecular flexibility index (Phi) is 30.9. The van der Waals surface area contributed by atoms with Crippen LogP contribution in [0.15, 0.2) is 110 Å². The van der Waals surface area contributed by atoms with Crippen LogP contribution < -0.4 is 20.7 Å². The average molecular weight is 1000 g/mol. The fourth-order valence-corrected chi connectivity index (χ4v) is 5.47. The number of allylic oxidation sites excluding steroid dienone is 1. The summed E-state index contributed by atoms with van der Waals surface area (Å²) in [6, 6.07) is 19.6. The number of rotatable bonds is 21. The molecule has 1 amide bonds. The number of amides is 1. The number of Topliss-reactive ketones (excluding diaryl/α,β-unsaturated/α-hetero) is 1. The maximum absolute atomic E-state index is 14.4. The van der Waals surface area contributed by atoms with E-state index in [1.54, 1.807) is 38.2 Å². The van der Waals surface area contributed by atoms with E-state index < -0.39 is 41.4 Å². The molecule has 15 nitrogen and oxygen atoms in total. The van der Waals surface area contributed by atoms with Crippen molar-refractivity contribution >= 4 is 58.3 Å². The number of ketones is 2. The summed E-state index contributed by atoms with van der Waals surface area (Å²) >= 11 is 0. The van der Waals surface area contributed by atoms with Gasteiger partial charge >= 0.3 is 23.9 Å². The first-order chi connectivity index (χ1) is 33.8. The molecule has 0 aliphatic carbocycles. The van der Waals surface area contributed by atoms with Crippen LogP contribution in [0.1, 0.15) is 156 Å². The topological polar surface area (TPSA) is 202 Å². The van der Waals surface area contributed by atoms with E-state index in [0.29, 0.717) is 11.4 Å². The van der Waals surface area contributed by atoms with Gasteiger partial charge in [-0.3, -0.25) is 14.4 Å². The minimum Gasteiger partial charge on any atom is -0.459 e. The van der Waals surface area contributed by atoms with Crippen LogP contribution in [0.25, 0.3) is 5.57 Å². The Labute approximate surface area is 430 Å². The summed E-state index contributed by atoms with van der Waals surface area (Å²) in [6.07, 6.45) is 3.92. The van der Waals surface area contributed by atoms with Crippen LogP contribution in [-0.4, -0.2) is 88.9 Å². The van der Waals surface area contributed by atoms with Crippen molar-refractivity contribution in [2.45, 2.75) is 88.5 Å². The molecule has 0 heterocycles. The summed E-state index contributed by atoms with van der Waals surface area (Å²) in [7, 11) is 5.36. The van der Waals surface area contributed by atoms with Gasteiger partial charge in [0.1, 0.15) is 37.9 Å². The Morgan fingerprint density at radius 1 is 0.542 bits per heavy atom. The summed E-state index contributed by atoms with van der Waals surface area (Å²) in [5.74, 6) is -4.51. The molecular weight excluding hydrogens is 919 g/mol. The first kappa shape index (κ1) is 64.3. The van der Waals surface area contributed by atoms with Crippen molar-refractivity contribution in [3.63, 3.8) is 0 Å². The zero-order valence-electron chi connectivity index (χ0n) is 43.2. The second kappa shape index (κ2) is 34.6. The van der Waals surface area contributed by atoms with Gasteiger partial charge in [0.05, 0.1) is 11.1 Å². The van der Waals surface area contributed by atoms with Crippen molar-refractivity contribution in [3.05, 3.63) is 149 Å². The molecule has 0 fully saturated rings. The second-order valence-corrected chi connectivity index (χ2v) is 15.8. The smallest absolute Gasteiger partial charge is 0.339 e. The Balaban J connectivity index is -0.00000166. The third-order valence-electron chi connectivity index (χ3n) is 9.18. The van der Waals surface area contributed by atoms with Gasteiger partial charge < -0.3 is 39.6 Å². The van der Waals surface area contributed by atoms with Crippen LogP contribution in [0.2, 0.25) is 0 Å². The fraction of sp³-hybridized carbons (Fsp3) is 0.351. The third kappa shape index (κ3) is 22.0. The summed E-state index contributed by atoms with van der Waals surface area (Å²) in [5.41, 5.74) is 2.66. The predicted octanol–water partition coefficient (Wildman–Crippen LogP) is 12.6. The Morgan fingerprint density at radius 2 is 0.986 bits per heavy atom. The predicted molar refractivity (Wildman–Crippen MR) is 293 cm³/mol. The van der Waals surface area contributed by atoms with E-state index in [-0.39, 0.29) is 101 Å². The molecule has 4 aromatic rings. The summed E-state index contributed by atoms with van der Waals surface area (Å²) in [5, 5.41) is 8.54. The first-order valence-corrected chi connectivity index (χ1v) is 23.3. The van der Waals surface area contributed by atoms with E-state index in [9.17, 15) is 33.6 Å². The lowest BCUT2D eigenvalue weighted by atomic mass is 9.96. The number of anilines is 2. The van der Waals surface area contributed by atoms with Gasteiger partial charge in [-0.25, -0.2) is 19.2 Å². The van der Waals surface area contributed by atoms with Gasteiger partial charge in [-0.15, -0.1) is 0 Å². The van der Waals surface area contributed by atoms with E-state index in [1.165, 1.54) is 81.6 Å². The monoisotopic (exact) mass is 1000 g/mol. The highest BCUT2D eigenvalue weighted by atomic mass is 16.6. The number of nitrogens with one attached hydrogen (secondary N) is 3. The van der Waals surface area contributed by atoms with Gasteiger partial charge in [-0.05, 0) is 107 Å². The molecule has 0 spiro atoms. The van der Waals surface area contributed by atoms with Gasteiger partial charge in [0.2, 0.25) is 0 Å². The van der Waals surface area contributed by atoms with Crippen LogP contribution in [0.5, 0.6) is 11.5 Å². The third-order valence-corrected chi connectivity index (χ3v) is 9.18. The first-order valence-electron chi connectivity index (χ1n) is 23.3. The van der Waals surface area contributed by atoms with Crippen LogP contribution in [0.3, 0.4) is 0 Å². The Bertz CT molecular complexity index is 2520. The number of hydrogen-bond acceptors (Lipinski definition) is 14. The molecule has 4 rings (SSSR count). The lowest BCUT2D eigenvalue weighted by molar-refractivity contribution is -0.140. The minimum atomic E-state index is -0.922. The van der Waals surface area contributed by atoms with Gasteiger partial charge in [0, 0.05) is 62.5 Å². The highest BCUT2D eigenvalue weighted by molar-refractivity contribution is 6.16. The van der Waals surface area contributed by atoms with Gasteiger partial charge in [0.15, 0.2) is 11.6 Å². The molecule has 0 atom stereocenters. The number of hydrogen-bond donors (Lipinski definition) is 3. The molecular formula is C57H81N3O12. The molecule has 4 aromatic carbocycles. The number of carbonyl (C=O) groups is 7. The average Bonchev–Trinajstić information content (AvgIpc) is 3.36. The molecule has 0 aliphatic heterocycles. The molecule has 0 saturated heterocycles. The molecule has 0 saturated carbocycles. The van der Waals surface area contributed by atoms with E-state index in [2.05, 4.69) is 63.4 Å². The number of esters is 4. The lowest BCUT2D eigenvalue weighted by Gasteiger charge is -2.15. The van der Waals surface area contributed by atoms with E-state index in [0.717, 1.165) is 11.1 Å². The summed E-state index contributed by atoms with van der Waals surface area (Å²) in [6.45, 7) is 24.9. The Morgan fingerprint density at radius 3 is 1.43 bits per heavy atom. The molecule has 72 heavy (non-hydrogen) atoms. The lowest BCUT2D eigenvalue weighted by Crippen LogP contribution is -2.18. The molecule has 15 heteroatoms. The van der Waals surface area contributed by atoms with E-state index in [1.807, 2.05) is 27.1 Å². The zero-order valence-corrected chi connectivity index (χ0v) is 43.2. The normalized spacial score (nSPS) is 9.71. The second-order valence-electron chi connectivity index (χ2n) is 15.8. The van der Waals surface area contributed by atoms with Gasteiger partial charge in [-0.2, -0.15) is 0 Å². The summed E-state index contributed by atoms with van der Waals surface area (Å²) in [4.78, 5) is 90.9. The number of ether oxygens (including phenoxy) is 5. The maximum atomic E-state index is 14.4. The molecule has 3 N–H and O–H groups in total. The molecule has 0 aliphatic rings. The van der Waals surface area contributed by atoms with Crippen molar-refractivity contribution < 1.29 is 61.5 Å². The Hall–Kier alpha value is -7.65. The number of carbonyl (C=O) groups excluding carboxylic acids is 7. The van der Waals surface area contributed by atoms with Crippen molar-refractivity contribution in [3.8, 4) is 11.5 Å². The fourth-order valence-electron chi connectivity index (χ4n) is 5.47. The largest absolute Gasteiger partial charge is 0.459 e. The molecule has 0 radical (unpaired) electrons. The van der Waals surface area contributed by atoms with Crippen molar-refractivity contribution in [1.82, 2.24) is 5.32 Å². The molecule has 0 unspecified atom stereocenters. The molecule has 0 bridgehead atoms. The van der Waals surface area contributed by atoms with E-state index >= 15 is 0 Å². The summed E-state index contributed by atoms with van der Waals surface area (Å²) < 4.78 is 26.6. The van der Waals surface area contributed by atoms with E-state index in [4.69, 9.17) is 23.7 Å². The van der Waals surface area contributed by atoms with Crippen LogP contribution in [-0.2, 0) is 28.5 Å². The van der Waals surface area contributed by atoms with Crippen LogP contribution in [0.4, 0.5) is 11.4 Å². The number of unbranched alkanes of at least 4 members (excludes halogenated alkanes) is 1. The highest BCUT2D eigenvalue weighted by Gasteiger charge is 2.24. The molecule has 396 valence electrons. The number of benzene rings is 4. The molecule has 0 aromatic heterocycles. The van der Waals surface area contributed by atoms with Gasteiger partial charge in [0.25, 0.3) is 5.91 Å². The minimum absolute atomic E-state index is 0. The van der Waals surface area contributed by atoms with Crippen LogP contribution in [0, 0.1) is 0 Å². The highest BCUT2D eigenvalue weighted by Crippen LogP contribution is 2.30. The van der Waals surface area contributed by atoms with Crippen molar-refractivity contribution in [2.24, 2.45) is 0 Å². The SMILES string of the molecule is C.C=C(C)C(=O)OCCOC(=O)c1ccc(Oc2ccc(C(=O)OCCOC(=O)C(=C)C)c(C(=O)c3cc(NC)cc(C(=O)Nc4cccc(C(=C)C)c4)c3)c2)cc1C(=O)CC.CCC.CCCC.CNC.[HH].[HH].[HH].